The Morgan fingerprint density at radius 1 is 0.979 bits per heavy atom. The maximum atomic E-state index is 14.5. The molecule has 2 aromatic heterocycles. The Morgan fingerprint density at radius 2 is 1.71 bits per heavy atom. The number of allylic oxidation sites excluding steroid dienone is 1. The molecule has 1 N–H and O–H groups in total. The minimum absolute atomic E-state index is 0.0487. The van der Waals surface area contributed by atoms with E-state index >= 15 is 0 Å². The highest BCUT2D eigenvalue weighted by atomic mass is 32.1. The van der Waals surface area contributed by atoms with Gasteiger partial charge in [-0.1, -0.05) is 53.8 Å². The first kappa shape index (κ1) is 32.5. The third-order valence-electron chi connectivity index (χ3n) is 8.53. The summed E-state index contributed by atoms with van der Waals surface area (Å²) in [7, 11) is 3.10. The number of amides is 1. The zero-order chi connectivity index (χ0) is 34.1. The minimum Gasteiger partial charge on any atom is -0.493 e. The van der Waals surface area contributed by atoms with E-state index in [1.807, 2.05) is 79.1 Å². The number of hydrogen-bond donors (Lipinski definition) is 1. The van der Waals surface area contributed by atoms with Gasteiger partial charge in [0.1, 0.15) is 6.54 Å². The number of benzene rings is 3. The number of para-hydroxylation sites is 2. The Hall–Kier alpha value is -5.42. The molecule has 1 aliphatic heterocycles. The monoisotopic (exact) mass is 664 g/mol. The third kappa shape index (κ3) is 5.81. The number of hydrogen-bond acceptors (Lipinski definition) is 8. The Labute approximate surface area is 281 Å². The molecule has 11 heteroatoms. The first-order chi connectivity index (χ1) is 23.2. The molecule has 3 heterocycles. The van der Waals surface area contributed by atoms with E-state index in [1.54, 1.807) is 44.8 Å². The van der Waals surface area contributed by atoms with Crippen LogP contribution in [0, 0.1) is 13.8 Å². The zero-order valence-corrected chi connectivity index (χ0v) is 28.4. The summed E-state index contributed by atoms with van der Waals surface area (Å²) in [6.07, 6.45) is 1.85. The number of anilines is 1. The number of carbonyl (C=O) groups excluding carboxylic acids is 2. The van der Waals surface area contributed by atoms with Crippen LogP contribution in [0.4, 0.5) is 5.69 Å². The molecule has 0 saturated carbocycles. The summed E-state index contributed by atoms with van der Waals surface area (Å²) in [5.41, 5.74) is 5.26. The van der Waals surface area contributed by atoms with E-state index in [1.165, 1.54) is 11.3 Å². The Balaban J connectivity index is 1.54. The Kier molecular flexibility index (Phi) is 9.05. The van der Waals surface area contributed by atoms with E-state index < -0.39 is 6.04 Å². The average molecular weight is 665 g/mol. The van der Waals surface area contributed by atoms with Gasteiger partial charge in [0.15, 0.2) is 16.3 Å². The van der Waals surface area contributed by atoms with Crippen molar-refractivity contribution in [1.82, 2.24) is 9.13 Å². The van der Waals surface area contributed by atoms with E-state index in [4.69, 9.17) is 19.2 Å². The van der Waals surface area contributed by atoms with Gasteiger partial charge >= 0.3 is 5.97 Å². The van der Waals surface area contributed by atoms with Gasteiger partial charge in [-0.25, -0.2) is 4.99 Å². The average Bonchev–Trinajstić information content (AvgIpc) is 3.53. The fraction of sp³-hybridized carbons (Fsp3) is 0.243. The Bertz CT molecular complexity index is 2290. The number of methoxy groups -OCH3 is 2. The van der Waals surface area contributed by atoms with Crippen molar-refractivity contribution in [2.24, 2.45) is 4.99 Å². The first-order valence-corrected chi connectivity index (χ1v) is 16.3. The fourth-order valence-electron chi connectivity index (χ4n) is 6.16. The van der Waals surface area contributed by atoms with Crippen LogP contribution in [0.3, 0.4) is 0 Å². The molecule has 1 aliphatic rings. The highest BCUT2D eigenvalue weighted by Gasteiger charge is 2.33. The van der Waals surface area contributed by atoms with Gasteiger partial charge in [-0.15, -0.1) is 0 Å². The molecule has 1 amide bonds. The molecule has 0 unspecified atom stereocenters. The molecule has 246 valence electrons. The molecule has 5 aromatic rings. The summed E-state index contributed by atoms with van der Waals surface area (Å²) in [6.45, 7) is 7.74. The minimum atomic E-state index is -0.807. The van der Waals surface area contributed by atoms with Gasteiger partial charge in [0.05, 0.1) is 42.7 Å². The van der Waals surface area contributed by atoms with Crippen molar-refractivity contribution in [3.8, 4) is 11.5 Å². The predicted molar refractivity (Wildman–Crippen MR) is 186 cm³/mol. The van der Waals surface area contributed by atoms with Gasteiger partial charge in [0.25, 0.3) is 11.5 Å². The highest BCUT2D eigenvalue weighted by Crippen LogP contribution is 2.36. The van der Waals surface area contributed by atoms with Crippen LogP contribution < -0.4 is 29.7 Å². The van der Waals surface area contributed by atoms with Crippen molar-refractivity contribution < 1.29 is 23.8 Å². The molecule has 0 spiro atoms. The van der Waals surface area contributed by atoms with Gasteiger partial charge in [-0.3, -0.25) is 19.0 Å². The van der Waals surface area contributed by atoms with Gasteiger partial charge in [0.2, 0.25) is 0 Å². The lowest BCUT2D eigenvalue weighted by Crippen LogP contribution is -2.40. The molecule has 3 aromatic carbocycles. The number of nitrogens with zero attached hydrogens (tertiary/aromatic N) is 3. The standard InChI is InChI=1S/C37H36N4O6S/c1-7-47-32(42)20-40-23(4)26(25-13-9-11-15-28(25)40)19-31-36(44)41-34(24-16-17-29(45-5)30(18-24)46-6)33(22(3)38-37(41)48-31)35(43)39-27-14-10-8-12-21(27)2/h8-19,34H,7,20H2,1-6H3,(H,39,43)/b31-19-/t34-/m1/s1. The molecule has 48 heavy (non-hydrogen) atoms. The molecule has 0 radical (unpaired) electrons. The number of ether oxygens (including phenoxy) is 3. The number of nitrogens with one attached hydrogen (secondary N) is 1. The molecule has 1 atom stereocenters. The summed E-state index contributed by atoms with van der Waals surface area (Å²) in [5, 5.41) is 3.94. The zero-order valence-electron chi connectivity index (χ0n) is 27.6. The molecule has 0 bridgehead atoms. The number of fused-ring (bicyclic) bond motifs is 2. The molecule has 0 saturated heterocycles. The molecular formula is C37H36N4O6S. The second-order valence-corrected chi connectivity index (χ2v) is 12.4. The van der Waals surface area contributed by atoms with Crippen molar-refractivity contribution in [3.05, 3.63) is 120 Å². The number of thiazole rings is 1. The van der Waals surface area contributed by atoms with E-state index in [2.05, 4.69) is 5.32 Å². The predicted octanol–water partition coefficient (Wildman–Crippen LogP) is 5.03. The van der Waals surface area contributed by atoms with Crippen LogP contribution >= 0.6 is 11.3 Å². The van der Waals surface area contributed by atoms with Crippen LogP contribution in [0.1, 0.15) is 42.3 Å². The molecule has 6 rings (SSSR count). The van der Waals surface area contributed by atoms with Crippen LogP contribution in [0.15, 0.2) is 87.8 Å². The number of carbonyl (C=O) groups is 2. The largest absolute Gasteiger partial charge is 0.493 e. The van der Waals surface area contributed by atoms with Gasteiger partial charge in [-0.2, -0.15) is 0 Å². The topological polar surface area (TPSA) is 113 Å². The summed E-state index contributed by atoms with van der Waals surface area (Å²) < 4.78 is 20.2. The van der Waals surface area contributed by atoms with Gasteiger partial charge < -0.3 is 24.1 Å². The lowest BCUT2D eigenvalue weighted by molar-refractivity contribution is -0.143. The number of rotatable bonds is 9. The molecule has 10 nitrogen and oxygen atoms in total. The van der Waals surface area contributed by atoms with Crippen molar-refractivity contribution in [2.45, 2.75) is 40.3 Å². The lowest BCUT2D eigenvalue weighted by atomic mass is 9.94. The molecular weight excluding hydrogens is 628 g/mol. The highest BCUT2D eigenvalue weighted by molar-refractivity contribution is 7.07. The summed E-state index contributed by atoms with van der Waals surface area (Å²) in [5.74, 6) is 0.289. The SMILES string of the molecule is CCOC(=O)Cn1c(C)c(/C=c2\sc3n(c2=O)[C@H](c2ccc(OC)c(OC)c2)C(C(=O)Nc2ccccc2C)=C(C)N=3)c2ccccc21. The maximum Gasteiger partial charge on any atom is 0.325 e. The molecule has 0 aliphatic carbocycles. The van der Waals surface area contributed by atoms with Crippen molar-refractivity contribution in [3.63, 3.8) is 0 Å². The Morgan fingerprint density at radius 3 is 2.44 bits per heavy atom. The second kappa shape index (κ2) is 13.4. The summed E-state index contributed by atoms with van der Waals surface area (Å²) >= 11 is 1.25. The maximum absolute atomic E-state index is 14.5. The number of esters is 1. The van der Waals surface area contributed by atoms with Crippen LogP contribution in [0.25, 0.3) is 17.0 Å². The normalized spacial score (nSPS) is 14.5. The van der Waals surface area contributed by atoms with E-state index in [9.17, 15) is 14.4 Å². The first-order valence-electron chi connectivity index (χ1n) is 15.5. The van der Waals surface area contributed by atoms with Crippen LogP contribution in [-0.4, -0.2) is 41.8 Å². The van der Waals surface area contributed by atoms with E-state index in [0.29, 0.717) is 43.4 Å². The van der Waals surface area contributed by atoms with Crippen molar-refractivity contribution >= 4 is 45.9 Å². The van der Waals surface area contributed by atoms with E-state index in [-0.39, 0.29) is 30.6 Å². The van der Waals surface area contributed by atoms with Crippen LogP contribution in [0.2, 0.25) is 0 Å². The lowest BCUT2D eigenvalue weighted by Gasteiger charge is -2.26. The number of aromatic nitrogens is 2. The van der Waals surface area contributed by atoms with E-state index in [0.717, 1.165) is 27.7 Å². The quantitative estimate of drug-likeness (QED) is 0.222. The fourth-order valence-corrected chi connectivity index (χ4v) is 7.19. The van der Waals surface area contributed by atoms with Gasteiger partial charge in [0, 0.05) is 27.8 Å². The third-order valence-corrected chi connectivity index (χ3v) is 9.51. The number of aryl methyl sites for hydroxylation is 1. The smallest absolute Gasteiger partial charge is 0.325 e. The van der Waals surface area contributed by atoms with Crippen molar-refractivity contribution in [2.75, 3.05) is 26.1 Å². The summed E-state index contributed by atoms with van der Waals surface area (Å²) in [6, 6.07) is 19.8. The molecule has 0 fully saturated rings. The van der Waals surface area contributed by atoms with Gasteiger partial charge in [-0.05, 0) is 69.2 Å². The second-order valence-electron chi connectivity index (χ2n) is 11.4. The summed E-state index contributed by atoms with van der Waals surface area (Å²) in [4.78, 5) is 46.3. The van der Waals surface area contributed by atoms with Crippen LogP contribution in [-0.2, 0) is 20.9 Å². The van der Waals surface area contributed by atoms with Crippen LogP contribution in [0.5, 0.6) is 11.5 Å². The van der Waals surface area contributed by atoms with Crippen molar-refractivity contribution in [1.29, 1.82) is 0 Å².